The molecule has 118 valence electrons. The fraction of sp³-hybridized carbons (Fsp3) is 0.889. The quantitative estimate of drug-likeness (QED) is 0.179. The second kappa shape index (κ2) is 6.76. The van der Waals surface area contributed by atoms with Crippen molar-refractivity contribution in [1.29, 1.82) is 0 Å². The number of rotatable bonds is 5. The van der Waals surface area contributed by atoms with Crippen molar-refractivity contribution in [3.63, 3.8) is 0 Å². The van der Waals surface area contributed by atoms with Crippen LogP contribution in [0.15, 0.2) is 5.16 Å². The van der Waals surface area contributed by atoms with E-state index < -0.39 is 47.5 Å². The normalized spacial score (nSPS) is 35.9. The maximum absolute atomic E-state index is 10.2. The van der Waals surface area contributed by atoms with Gasteiger partial charge in [0.15, 0.2) is 0 Å². The first-order chi connectivity index (χ1) is 9.15. The van der Waals surface area contributed by atoms with E-state index in [9.17, 15) is 28.3 Å². The fourth-order valence-corrected chi connectivity index (χ4v) is 2.00. The molecule has 0 aromatic heterocycles. The van der Waals surface area contributed by atoms with Gasteiger partial charge in [-0.15, -0.1) is 0 Å². The maximum atomic E-state index is 10.2. The van der Waals surface area contributed by atoms with Gasteiger partial charge in [0.1, 0.15) is 24.4 Å². The molecule has 0 amide bonds. The Bertz CT molecular complexity index is 448. The Morgan fingerprint density at radius 2 is 1.80 bits per heavy atom. The minimum atomic E-state index is -4.98. The van der Waals surface area contributed by atoms with Crippen LogP contribution in [0, 0.1) is 0 Å². The Morgan fingerprint density at radius 1 is 1.25 bits per heavy atom. The summed E-state index contributed by atoms with van der Waals surface area (Å²) in [5.74, 6) is 0. The molecule has 0 bridgehead atoms. The summed E-state index contributed by atoms with van der Waals surface area (Å²) in [5, 5.41) is 40.8. The van der Waals surface area contributed by atoms with E-state index in [1.165, 1.54) is 6.92 Å². The Hall–Kier alpha value is -0.820. The summed E-state index contributed by atoms with van der Waals surface area (Å²) < 4.78 is 39.5. The molecule has 0 aromatic carbocycles. The molecule has 11 heteroatoms. The zero-order valence-electron chi connectivity index (χ0n) is 10.5. The van der Waals surface area contributed by atoms with E-state index >= 15 is 0 Å². The predicted molar refractivity (Wildman–Crippen MR) is 62.3 cm³/mol. The molecule has 1 aliphatic rings. The van der Waals surface area contributed by atoms with E-state index in [2.05, 4.69) is 9.44 Å². The Balaban J connectivity index is 2.71. The Labute approximate surface area is 115 Å². The molecule has 1 aliphatic heterocycles. The predicted octanol–water partition coefficient (Wildman–Crippen LogP) is -2.93. The van der Waals surface area contributed by atoms with Crippen LogP contribution in [-0.4, -0.2) is 76.2 Å². The van der Waals surface area contributed by atoms with Crippen LogP contribution in [-0.2, 0) is 19.4 Å². The molecule has 1 heterocycles. The summed E-state index contributed by atoms with van der Waals surface area (Å²) in [4.78, 5) is 0. The molecule has 1 fully saturated rings. The lowest BCUT2D eigenvalue weighted by Gasteiger charge is -2.40. The molecular formula is C9H16NO9S-. The Kier molecular flexibility index (Phi) is 5.82. The van der Waals surface area contributed by atoms with Crippen molar-refractivity contribution in [3.05, 3.63) is 0 Å². The lowest BCUT2D eigenvalue weighted by Crippen LogP contribution is -2.58. The largest absolute Gasteiger partial charge is 0.714 e. The third kappa shape index (κ3) is 4.63. The van der Waals surface area contributed by atoms with Gasteiger partial charge in [0.05, 0.1) is 18.4 Å². The van der Waals surface area contributed by atoms with Gasteiger partial charge in [-0.25, -0.2) is 0 Å². The molecule has 5 atom stereocenters. The second-order valence-electron chi connectivity index (χ2n) is 4.38. The third-order valence-corrected chi connectivity index (χ3v) is 3.03. The van der Waals surface area contributed by atoms with E-state index in [0.717, 1.165) is 0 Å². The van der Waals surface area contributed by atoms with Crippen molar-refractivity contribution in [1.82, 2.24) is 0 Å². The second-order valence-corrected chi connectivity index (χ2v) is 5.35. The van der Waals surface area contributed by atoms with Crippen molar-refractivity contribution in [2.45, 2.75) is 43.9 Å². The average molecular weight is 314 g/mol. The van der Waals surface area contributed by atoms with Crippen molar-refractivity contribution < 1.29 is 42.4 Å². The number of hydrogen-bond acceptors (Lipinski definition) is 10. The molecular weight excluding hydrogens is 298 g/mol. The van der Waals surface area contributed by atoms with Crippen LogP contribution >= 0.6 is 0 Å². The Morgan fingerprint density at radius 3 is 2.30 bits per heavy atom. The van der Waals surface area contributed by atoms with Crippen LogP contribution in [0.25, 0.3) is 0 Å². The highest BCUT2D eigenvalue weighted by molar-refractivity contribution is 7.80. The average Bonchev–Trinajstić information content (AvgIpc) is 2.36. The standard InChI is InChI=1S/C9H17NO9S/c1-4(10-19-20(15,16)17)2-5-7(12)9(14)8(13)6(3-11)18-5/h5-9,11-14H,2-3H2,1H3,(H,15,16,17)/p-1/t5-,6+,7-,8+,9+/m0/s1. The third-order valence-electron chi connectivity index (χ3n) is 2.77. The van der Waals surface area contributed by atoms with Gasteiger partial charge in [-0.05, 0) is 6.92 Å². The number of ether oxygens (including phenoxy) is 1. The summed E-state index contributed by atoms with van der Waals surface area (Å²) in [6.07, 6.45) is -6.79. The summed E-state index contributed by atoms with van der Waals surface area (Å²) in [7, 11) is -4.98. The first-order valence-electron chi connectivity index (χ1n) is 5.64. The van der Waals surface area contributed by atoms with E-state index in [4.69, 9.17) is 9.84 Å². The highest BCUT2D eigenvalue weighted by Crippen LogP contribution is 2.23. The molecule has 0 aromatic rings. The zero-order chi connectivity index (χ0) is 15.5. The molecule has 4 N–H and O–H groups in total. The SMILES string of the molecule is CC(C[C@@H]1O[C@H](CO)[C@@H](O)[C@H](O)[C@H]1O)=NOS(=O)(=O)[O-]. The van der Waals surface area contributed by atoms with Crippen LogP contribution in [0.1, 0.15) is 13.3 Å². The molecule has 0 saturated carbocycles. The van der Waals surface area contributed by atoms with Gasteiger partial charge in [0.2, 0.25) is 0 Å². The lowest BCUT2D eigenvalue weighted by molar-refractivity contribution is -0.227. The fourth-order valence-electron chi connectivity index (χ4n) is 1.78. The molecule has 1 rings (SSSR count). The van der Waals surface area contributed by atoms with Crippen LogP contribution in [0.3, 0.4) is 0 Å². The lowest BCUT2D eigenvalue weighted by atomic mass is 9.93. The zero-order valence-corrected chi connectivity index (χ0v) is 11.3. The van der Waals surface area contributed by atoms with E-state index in [0.29, 0.717) is 0 Å². The molecule has 0 spiro atoms. The van der Waals surface area contributed by atoms with Gasteiger partial charge in [0, 0.05) is 6.42 Å². The number of oxime groups is 1. The van der Waals surface area contributed by atoms with Crippen molar-refractivity contribution in [2.75, 3.05) is 6.61 Å². The van der Waals surface area contributed by atoms with E-state index in [1.807, 2.05) is 0 Å². The van der Waals surface area contributed by atoms with Crippen LogP contribution in [0.5, 0.6) is 0 Å². The number of hydrogen-bond donors (Lipinski definition) is 4. The van der Waals surface area contributed by atoms with Crippen LogP contribution in [0.4, 0.5) is 0 Å². The summed E-state index contributed by atoms with van der Waals surface area (Å²) >= 11 is 0. The summed E-state index contributed by atoms with van der Waals surface area (Å²) in [6.45, 7) is 0.732. The van der Waals surface area contributed by atoms with Gasteiger partial charge in [0.25, 0.3) is 10.4 Å². The van der Waals surface area contributed by atoms with Gasteiger partial charge >= 0.3 is 0 Å². The first kappa shape index (κ1) is 17.2. The molecule has 0 unspecified atom stereocenters. The maximum Gasteiger partial charge on any atom is 0.283 e. The smallest absolute Gasteiger partial charge is 0.283 e. The minimum Gasteiger partial charge on any atom is -0.714 e. The molecule has 0 aliphatic carbocycles. The number of aliphatic hydroxyl groups excluding tert-OH is 4. The monoisotopic (exact) mass is 314 g/mol. The van der Waals surface area contributed by atoms with Crippen LogP contribution in [0.2, 0.25) is 0 Å². The van der Waals surface area contributed by atoms with E-state index in [1.54, 1.807) is 0 Å². The van der Waals surface area contributed by atoms with Crippen molar-refractivity contribution >= 4 is 16.1 Å². The van der Waals surface area contributed by atoms with E-state index in [-0.39, 0.29) is 12.1 Å². The molecule has 1 saturated heterocycles. The number of nitrogens with zero attached hydrogens (tertiary/aromatic N) is 1. The summed E-state index contributed by atoms with van der Waals surface area (Å²) in [5.41, 5.74) is 0.00811. The molecule has 10 nitrogen and oxygen atoms in total. The topological polar surface area (TPSA) is 169 Å². The minimum absolute atomic E-state index is 0.00811. The van der Waals surface area contributed by atoms with Crippen molar-refractivity contribution in [2.24, 2.45) is 5.16 Å². The van der Waals surface area contributed by atoms with Crippen LogP contribution < -0.4 is 0 Å². The van der Waals surface area contributed by atoms with Gasteiger partial charge in [-0.1, -0.05) is 5.16 Å². The van der Waals surface area contributed by atoms with Gasteiger partial charge in [-0.2, -0.15) is 8.42 Å². The highest BCUT2D eigenvalue weighted by Gasteiger charge is 2.43. The van der Waals surface area contributed by atoms with Gasteiger partial charge < -0.3 is 29.7 Å². The first-order valence-corrected chi connectivity index (χ1v) is 6.97. The highest BCUT2D eigenvalue weighted by atomic mass is 32.3. The summed E-state index contributed by atoms with van der Waals surface area (Å²) in [6, 6.07) is 0. The number of aliphatic hydroxyl groups is 4. The molecule has 0 radical (unpaired) electrons. The van der Waals surface area contributed by atoms with Crippen molar-refractivity contribution in [3.8, 4) is 0 Å². The van der Waals surface area contributed by atoms with Gasteiger partial charge in [-0.3, -0.25) is 4.28 Å². The molecule has 20 heavy (non-hydrogen) atoms.